The molecule has 0 radical (unpaired) electrons. The molecule has 0 fully saturated rings. The molecule has 0 spiro atoms. The van der Waals surface area contributed by atoms with Crippen molar-refractivity contribution in [2.45, 2.75) is 5.56 Å². The predicted molar refractivity (Wildman–Crippen MR) is 61.2 cm³/mol. The van der Waals surface area contributed by atoms with Crippen LogP contribution in [0.2, 0.25) is 0 Å². The summed E-state index contributed by atoms with van der Waals surface area (Å²) >= 11 is 23.2. The molecule has 1 heterocycles. The van der Waals surface area contributed by atoms with E-state index in [2.05, 4.69) is 0 Å². The van der Waals surface area contributed by atoms with E-state index >= 15 is 0 Å². The SMILES string of the molecule is ClC1OP(Cl)(Cl)(Cl)Oc2ccccc21. The molecule has 0 aromatic heterocycles. The van der Waals surface area contributed by atoms with Gasteiger partial charge >= 0.3 is 101 Å². The van der Waals surface area contributed by atoms with Crippen molar-refractivity contribution in [1.29, 1.82) is 0 Å². The van der Waals surface area contributed by atoms with Crippen molar-refractivity contribution in [2.75, 3.05) is 0 Å². The normalized spacial score (nSPS) is 30.6. The van der Waals surface area contributed by atoms with Gasteiger partial charge < -0.3 is 0 Å². The molecule has 1 unspecified atom stereocenters. The van der Waals surface area contributed by atoms with Crippen LogP contribution in [-0.4, -0.2) is 0 Å². The Morgan fingerprint density at radius 1 is 1.14 bits per heavy atom. The van der Waals surface area contributed by atoms with Crippen LogP contribution in [-0.2, 0) is 4.52 Å². The molecule has 0 amide bonds. The summed E-state index contributed by atoms with van der Waals surface area (Å²) in [5, 5.41) is -4.08. The van der Waals surface area contributed by atoms with Crippen LogP contribution in [0.1, 0.15) is 11.1 Å². The monoisotopic (exact) mass is 292 g/mol. The molecule has 2 rings (SSSR count). The quantitative estimate of drug-likeness (QED) is 0.485. The van der Waals surface area contributed by atoms with Gasteiger partial charge in [0.1, 0.15) is 0 Å². The van der Waals surface area contributed by atoms with Gasteiger partial charge in [-0.3, -0.25) is 0 Å². The summed E-state index contributed by atoms with van der Waals surface area (Å²) in [6, 6.07) is 7.01. The summed E-state index contributed by atoms with van der Waals surface area (Å²) in [4.78, 5) is 0. The fourth-order valence-corrected chi connectivity index (χ4v) is 4.43. The van der Waals surface area contributed by atoms with Crippen molar-refractivity contribution in [3.05, 3.63) is 29.8 Å². The molecule has 78 valence electrons. The van der Waals surface area contributed by atoms with Gasteiger partial charge in [0, 0.05) is 0 Å². The van der Waals surface area contributed by atoms with Gasteiger partial charge in [0.05, 0.1) is 0 Å². The van der Waals surface area contributed by atoms with E-state index in [1.54, 1.807) is 24.3 Å². The minimum atomic E-state index is -4.08. The van der Waals surface area contributed by atoms with E-state index < -0.39 is 10.7 Å². The van der Waals surface area contributed by atoms with Gasteiger partial charge in [-0.1, -0.05) is 0 Å². The van der Waals surface area contributed by atoms with Gasteiger partial charge in [-0.05, 0) is 0 Å². The number of alkyl halides is 1. The first kappa shape index (κ1) is 11.1. The average molecular weight is 294 g/mol. The van der Waals surface area contributed by atoms with E-state index in [1.165, 1.54) is 0 Å². The Bertz CT molecular complexity index is 375. The van der Waals surface area contributed by atoms with E-state index in [1.807, 2.05) is 0 Å². The second kappa shape index (κ2) is 3.28. The molecule has 1 aliphatic heterocycles. The van der Waals surface area contributed by atoms with Crippen molar-refractivity contribution in [1.82, 2.24) is 0 Å². The van der Waals surface area contributed by atoms with E-state index in [0.29, 0.717) is 11.3 Å². The average Bonchev–Trinajstić information content (AvgIpc) is 2.00. The number of halogens is 4. The van der Waals surface area contributed by atoms with Gasteiger partial charge in [0.2, 0.25) is 0 Å². The van der Waals surface area contributed by atoms with Crippen LogP contribution in [0.15, 0.2) is 24.3 Å². The number of fused-ring (bicyclic) bond motifs is 1. The van der Waals surface area contributed by atoms with Gasteiger partial charge in [-0.25, -0.2) is 0 Å². The van der Waals surface area contributed by atoms with Crippen LogP contribution < -0.4 is 4.52 Å². The summed E-state index contributed by atoms with van der Waals surface area (Å²) in [5.41, 5.74) is -0.124. The van der Waals surface area contributed by atoms with Gasteiger partial charge in [0.15, 0.2) is 0 Å². The van der Waals surface area contributed by atoms with Crippen LogP contribution in [0.4, 0.5) is 0 Å². The van der Waals surface area contributed by atoms with Crippen LogP contribution >= 0.6 is 50.4 Å². The van der Waals surface area contributed by atoms with E-state index in [0.717, 1.165) is 0 Å². The Morgan fingerprint density at radius 2 is 1.79 bits per heavy atom. The Labute approximate surface area is 100 Å². The van der Waals surface area contributed by atoms with Crippen molar-refractivity contribution in [3.8, 4) is 5.75 Å². The molecule has 2 nitrogen and oxygen atoms in total. The first-order valence-corrected chi connectivity index (χ1v) is 8.87. The van der Waals surface area contributed by atoms with Gasteiger partial charge in [-0.15, -0.1) is 0 Å². The number of hydrogen-bond donors (Lipinski definition) is 0. The molecule has 0 saturated carbocycles. The van der Waals surface area contributed by atoms with E-state index in [4.69, 9.17) is 54.4 Å². The molecule has 1 aliphatic rings. The second-order valence-electron chi connectivity index (χ2n) is 2.73. The second-order valence-corrected chi connectivity index (χ2v) is 12.0. The summed E-state index contributed by atoms with van der Waals surface area (Å²) in [7, 11) is 0. The molecule has 1 aromatic rings. The van der Waals surface area contributed by atoms with Crippen LogP contribution in [0.5, 0.6) is 5.75 Å². The van der Waals surface area contributed by atoms with E-state index in [-0.39, 0.29) is 0 Å². The van der Waals surface area contributed by atoms with Gasteiger partial charge in [-0.2, -0.15) is 0 Å². The molecule has 0 N–H and O–H groups in total. The van der Waals surface area contributed by atoms with Gasteiger partial charge in [0.25, 0.3) is 0 Å². The van der Waals surface area contributed by atoms with Crippen LogP contribution in [0.3, 0.4) is 0 Å². The maximum atomic E-state index is 5.90. The fraction of sp³-hybridized carbons (Fsp3) is 0.143. The summed E-state index contributed by atoms with van der Waals surface area (Å²) in [5.74, 6) is 0.455. The number of hydrogen-bond acceptors (Lipinski definition) is 2. The molecule has 7 heteroatoms. The number of para-hydroxylation sites is 1. The topological polar surface area (TPSA) is 18.5 Å². The summed E-state index contributed by atoms with van der Waals surface area (Å²) in [6.45, 7) is 0. The predicted octanol–water partition coefficient (Wildman–Crippen LogP) is 5.18. The van der Waals surface area contributed by atoms with Crippen molar-refractivity contribution in [2.24, 2.45) is 0 Å². The van der Waals surface area contributed by atoms with Crippen molar-refractivity contribution >= 4 is 50.4 Å². The fourth-order valence-electron chi connectivity index (χ4n) is 1.12. The first-order chi connectivity index (χ1) is 6.35. The number of rotatable bonds is 0. The summed E-state index contributed by atoms with van der Waals surface area (Å²) < 4.78 is 10.3. The Balaban J connectivity index is 2.49. The van der Waals surface area contributed by atoms with Crippen LogP contribution in [0, 0.1) is 0 Å². The zero-order valence-electron chi connectivity index (χ0n) is 6.66. The molecule has 0 aliphatic carbocycles. The Hall–Kier alpha value is 0.570. The third-order valence-electron chi connectivity index (χ3n) is 1.66. The molecular formula is C7H5Cl4O2P. The molecule has 1 atom stereocenters. The van der Waals surface area contributed by atoms with E-state index in [9.17, 15) is 0 Å². The Kier molecular flexibility index (Phi) is 2.59. The zero-order valence-corrected chi connectivity index (χ0v) is 10.6. The van der Waals surface area contributed by atoms with Crippen molar-refractivity contribution in [3.63, 3.8) is 0 Å². The molecular weight excluding hydrogens is 289 g/mol. The van der Waals surface area contributed by atoms with Crippen molar-refractivity contribution < 1.29 is 9.05 Å². The standard InChI is InChI=1S/C7H5Cl4O2P/c8-7-5-3-1-2-4-6(5)12-14(9,10,11)13-7/h1-4,7H. The molecule has 0 bridgehead atoms. The number of benzene rings is 1. The molecule has 1 aromatic carbocycles. The zero-order chi connectivity index (χ0) is 10.4. The maximum absolute atomic E-state index is 5.90. The summed E-state index contributed by atoms with van der Waals surface area (Å²) in [6.07, 6.45) is 0. The molecule has 14 heavy (non-hydrogen) atoms. The Morgan fingerprint density at radius 3 is 2.50 bits per heavy atom. The first-order valence-electron chi connectivity index (χ1n) is 3.65. The van der Waals surface area contributed by atoms with Crippen LogP contribution in [0.25, 0.3) is 0 Å². The third-order valence-corrected chi connectivity index (χ3v) is 4.46. The minimum absolute atomic E-state index is 0.455. The molecule has 0 saturated heterocycles. The third kappa shape index (κ3) is 2.21.